The molecule has 3 rings (SSSR count). The number of nitrogens with zero attached hydrogens (tertiary/aromatic N) is 1. The van der Waals surface area contributed by atoms with Crippen molar-refractivity contribution >= 4 is 21.6 Å². The summed E-state index contributed by atoms with van der Waals surface area (Å²) in [5.74, 6) is -0.0766. The van der Waals surface area contributed by atoms with Gasteiger partial charge in [-0.2, -0.15) is 4.31 Å². The highest BCUT2D eigenvalue weighted by molar-refractivity contribution is 7.89. The van der Waals surface area contributed by atoms with E-state index in [1.807, 2.05) is 32.0 Å². The van der Waals surface area contributed by atoms with Gasteiger partial charge in [0.25, 0.3) is 5.91 Å². The summed E-state index contributed by atoms with van der Waals surface area (Å²) in [5, 5.41) is 2.88. The van der Waals surface area contributed by atoms with E-state index in [9.17, 15) is 13.2 Å². The number of hydrogen-bond donors (Lipinski definition) is 1. The Balaban J connectivity index is 1.96. The van der Waals surface area contributed by atoms with E-state index in [0.29, 0.717) is 25.4 Å². The molecule has 150 valence electrons. The van der Waals surface area contributed by atoms with E-state index in [2.05, 4.69) is 5.32 Å². The SMILES string of the molecule is CCOc1ccc(C(=O)Nc2cccc(C)c2C)cc1S(=O)(=O)N1CCCC1. The molecule has 0 unspecified atom stereocenters. The van der Waals surface area contributed by atoms with Gasteiger partial charge in [0.2, 0.25) is 10.0 Å². The summed E-state index contributed by atoms with van der Waals surface area (Å²) in [6, 6.07) is 10.2. The van der Waals surface area contributed by atoms with Crippen molar-refractivity contribution in [2.24, 2.45) is 0 Å². The molecule has 1 N–H and O–H groups in total. The van der Waals surface area contributed by atoms with Crippen LogP contribution in [0.5, 0.6) is 5.75 Å². The van der Waals surface area contributed by atoms with E-state index in [0.717, 1.165) is 24.0 Å². The smallest absolute Gasteiger partial charge is 0.255 e. The second-order valence-corrected chi connectivity index (χ2v) is 8.81. The first-order valence-corrected chi connectivity index (χ1v) is 10.9. The molecule has 0 bridgehead atoms. The largest absolute Gasteiger partial charge is 0.492 e. The molecular formula is C21H26N2O4S. The van der Waals surface area contributed by atoms with Gasteiger partial charge in [0, 0.05) is 24.3 Å². The molecular weight excluding hydrogens is 376 g/mol. The molecule has 0 atom stereocenters. The third-order valence-electron chi connectivity index (χ3n) is 5.04. The number of amides is 1. The molecule has 1 saturated heterocycles. The van der Waals surface area contributed by atoms with Crippen LogP contribution in [0.3, 0.4) is 0 Å². The Morgan fingerprint density at radius 3 is 2.54 bits per heavy atom. The first kappa shape index (κ1) is 20.4. The van der Waals surface area contributed by atoms with Crippen molar-refractivity contribution in [3.05, 3.63) is 53.1 Å². The summed E-state index contributed by atoms with van der Waals surface area (Å²) in [6.07, 6.45) is 1.69. The van der Waals surface area contributed by atoms with E-state index in [4.69, 9.17) is 4.74 Å². The van der Waals surface area contributed by atoms with Crippen LogP contribution in [-0.4, -0.2) is 38.3 Å². The lowest BCUT2D eigenvalue weighted by Crippen LogP contribution is -2.28. The van der Waals surface area contributed by atoms with Crippen molar-refractivity contribution in [2.75, 3.05) is 25.0 Å². The Kier molecular flexibility index (Phi) is 6.05. The fourth-order valence-corrected chi connectivity index (χ4v) is 4.95. The van der Waals surface area contributed by atoms with Gasteiger partial charge in [-0.1, -0.05) is 12.1 Å². The maximum absolute atomic E-state index is 13.1. The van der Waals surface area contributed by atoms with Gasteiger partial charge in [0.15, 0.2) is 0 Å². The second kappa shape index (κ2) is 8.32. The van der Waals surface area contributed by atoms with Gasteiger partial charge in [-0.25, -0.2) is 8.42 Å². The van der Waals surface area contributed by atoms with Gasteiger partial charge >= 0.3 is 0 Å². The van der Waals surface area contributed by atoms with Crippen LogP contribution in [0.4, 0.5) is 5.69 Å². The Morgan fingerprint density at radius 1 is 1.14 bits per heavy atom. The molecule has 1 amide bonds. The van der Waals surface area contributed by atoms with Crippen molar-refractivity contribution in [3.63, 3.8) is 0 Å². The summed E-state index contributed by atoms with van der Waals surface area (Å²) in [7, 11) is -3.71. The van der Waals surface area contributed by atoms with Crippen LogP contribution in [-0.2, 0) is 10.0 Å². The summed E-state index contributed by atoms with van der Waals surface area (Å²) in [6.45, 7) is 7.04. The second-order valence-electron chi connectivity index (χ2n) is 6.91. The molecule has 1 fully saturated rings. The minimum Gasteiger partial charge on any atom is -0.492 e. The topological polar surface area (TPSA) is 75.7 Å². The number of hydrogen-bond acceptors (Lipinski definition) is 4. The molecule has 0 radical (unpaired) electrons. The number of aryl methyl sites for hydroxylation is 1. The molecule has 1 aliphatic heterocycles. The van der Waals surface area contributed by atoms with Crippen molar-refractivity contribution < 1.29 is 17.9 Å². The number of rotatable bonds is 6. The number of nitrogens with one attached hydrogen (secondary N) is 1. The molecule has 2 aromatic carbocycles. The number of sulfonamides is 1. The lowest BCUT2D eigenvalue weighted by molar-refractivity contribution is 0.102. The minimum absolute atomic E-state index is 0.0462. The van der Waals surface area contributed by atoms with Crippen LogP contribution in [0.2, 0.25) is 0 Å². The number of carbonyl (C=O) groups excluding carboxylic acids is 1. The molecule has 7 heteroatoms. The lowest BCUT2D eigenvalue weighted by atomic mass is 10.1. The first-order chi connectivity index (χ1) is 13.3. The highest BCUT2D eigenvalue weighted by atomic mass is 32.2. The van der Waals surface area contributed by atoms with Crippen LogP contribution < -0.4 is 10.1 Å². The standard InChI is InChI=1S/C21H26N2O4S/c1-4-27-19-11-10-17(14-20(19)28(25,26)23-12-5-6-13-23)21(24)22-18-9-7-8-15(2)16(18)3/h7-11,14H,4-6,12-13H2,1-3H3,(H,22,24). The molecule has 2 aromatic rings. The summed E-state index contributed by atoms with van der Waals surface area (Å²) >= 11 is 0. The molecule has 1 heterocycles. The van der Waals surface area contributed by atoms with Crippen LogP contribution >= 0.6 is 0 Å². The van der Waals surface area contributed by atoms with E-state index >= 15 is 0 Å². The zero-order valence-corrected chi connectivity index (χ0v) is 17.3. The summed E-state index contributed by atoms with van der Waals surface area (Å²) in [4.78, 5) is 12.8. The zero-order chi connectivity index (χ0) is 20.3. The van der Waals surface area contributed by atoms with Crippen molar-refractivity contribution in [2.45, 2.75) is 38.5 Å². The van der Waals surface area contributed by atoms with Gasteiger partial charge in [-0.3, -0.25) is 4.79 Å². The number of anilines is 1. The quantitative estimate of drug-likeness (QED) is 0.799. The molecule has 0 saturated carbocycles. The van der Waals surface area contributed by atoms with Gasteiger partial charge in [-0.15, -0.1) is 0 Å². The van der Waals surface area contributed by atoms with Crippen LogP contribution in [0, 0.1) is 13.8 Å². The maximum Gasteiger partial charge on any atom is 0.255 e. The Bertz CT molecular complexity index is 980. The fraction of sp³-hybridized carbons (Fsp3) is 0.381. The highest BCUT2D eigenvalue weighted by Crippen LogP contribution is 2.30. The molecule has 0 spiro atoms. The number of carbonyl (C=O) groups is 1. The average molecular weight is 403 g/mol. The van der Waals surface area contributed by atoms with Gasteiger partial charge in [-0.05, 0) is 69.0 Å². The summed E-state index contributed by atoms with van der Waals surface area (Å²) < 4.78 is 33.1. The zero-order valence-electron chi connectivity index (χ0n) is 16.5. The van der Waals surface area contributed by atoms with Crippen LogP contribution in [0.25, 0.3) is 0 Å². The van der Waals surface area contributed by atoms with Crippen molar-refractivity contribution in [1.82, 2.24) is 4.31 Å². The third kappa shape index (κ3) is 4.05. The monoisotopic (exact) mass is 402 g/mol. The van der Waals surface area contributed by atoms with Crippen LogP contribution in [0.1, 0.15) is 41.3 Å². The van der Waals surface area contributed by atoms with E-state index in [1.165, 1.54) is 10.4 Å². The predicted octanol–water partition coefficient (Wildman–Crippen LogP) is 3.74. The van der Waals surface area contributed by atoms with Gasteiger partial charge < -0.3 is 10.1 Å². The molecule has 0 aromatic heterocycles. The fourth-order valence-electron chi connectivity index (χ4n) is 3.27. The van der Waals surface area contributed by atoms with Crippen LogP contribution in [0.15, 0.2) is 41.3 Å². The Labute approximate surface area is 166 Å². The maximum atomic E-state index is 13.1. The van der Waals surface area contributed by atoms with Crippen molar-refractivity contribution in [1.29, 1.82) is 0 Å². The van der Waals surface area contributed by atoms with Gasteiger partial charge in [0.05, 0.1) is 6.61 Å². The number of benzene rings is 2. The predicted molar refractivity (Wildman–Crippen MR) is 109 cm³/mol. The average Bonchev–Trinajstić information content (AvgIpc) is 3.21. The summed E-state index contributed by atoms with van der Waals surface area (Å²) in [5.41, 5.74) is 3.04. The van der Waals surface area contributed by atoms with E-state index < -0.39 is 10.0 Å². The van der Waals surface area contributed by atoms with Crippen molar-refractivity contribution in [3.8, 4) is 5.75 Å². The Morgan fingerprint density at radius 2 is 1.86 bits per heavy atom. The molecule has 6 nitrogen and oxygen atoms in total. The number of ether oxygens (including phenoxy) is 1. The molecule has 0 aliphatic carbocycles. The molecule has 28 heavy (non-hydrogen) atoms. The van der Waals surface area contributed by atoms with E-state index in [1.54, 1.807) is 19.1 Å². The third-order valence-corrected chi connectivity index (χ3v) is 6.96. The van der Waals surface area contributed by atoms with E-state index in [-0.39, 0.29) is 22.1 Å². The Hall–Kier alpha value is -2.38. The molecule has 1 aliphatic rings. The lowest BCUT2D eigenvalue weighted by Gasteiger charge is -2.19. The highest BCUT2D eigenvalue weighted by Gasteiger charge is 2.30. The van der Waals surface area contributed by atoms with Gasteiger partial charge in [0.1, 0.15) is 10.6 Å². The minimum atomic E-state index is -3.71. The normalized spacial score (nSPS) is 14.8. The first-order valence-electron chi connectivity index (χ1n) is 9.49.